The van der Waals surface area contributed by atoms with E-state index >= 15 is 0 Å². The molecule has 0 saturated carbocycles. The van der Waals surface area contributed by atoms with Gasteiger partial charge in [0.25, 0.3) is 0 Å². The lowest BCUT2D eigenvalue weighted by Crippen LogP contribution is -2.58. The third kappa shape index (κ3) is 12.1. The Bertz CT molecular complexity index is 755. The summed E-state index contributed by atoms with van der Waals surface area (Å²) in [5, 5.41) is 25.4. The smallest absolute Gasteiger partial charge is 0.326 e. The largest absolute Gasteiger partial charge is 0.481 e. The van der Waals surface area contributed by atoms with Gasteiger partial charge < -0.3 is 37.6 Å². The number of carboxylic acid groups (broad SMARTS) is 2. The lowest BCUT2D eigenvalue weighted by molar-refractivity contribution is -0.143. The SMILES string of the molecule is CC(C)CC(N)C(=O)NC(C(=O)NC(CCC(=O)O)C(=O)NC(CCC(N)=O)C(=O)O)C(C)C. The van der Waals surface area contributed by atoms with Gasteiger partial charge in [-0.3, -0.25) is 24.0 Å². The second-order valence-electron chi connectivity index (χ2n) is 8.86. The zero-order valence-electron chi connectivity index (χ0n) is 20.0. The van der Waals surface area contributed by atoms with Crippen LogP contribution in [0.15, 0.2) is 0 Å². The molecule has 4 amide bonds. The van der Waals surface area contributed by atoms with Gasteiger partial charge in [-0.2, -0.15) is 0 Å². The van der Waals surface area contributed by atoms with Crippen molar-refractivity contribution in [2.75, 3.05) is 0 Å². The molecule has 13 nitrogen and oxygen atoms in total. The zero-order valence-corrected chi connectivity index (χ0v) is 20.0. The molecule has 0 aliphatic rings. The molecule has 4 unspecified atom stereocenters. The summed E-state index contributed by atoms with van der Waals surface area (Å²) in [4.78, 5) is 71.4. The predicted octanol–water partition coefficient (Wildman–Crippen LogP) is -1.31. The monoisotopic (exact) mass is 487 g/mol. The normalized spacial score (nSPS) is 14.6. The molecule has 0 rings (SSSR count). The molecule has 0 aliphatic carbocycles. The fraction of sp³-hybridized carbons (Fsp3) is 0.714. The summed E-state index contributed by atoms with van der Waals surface area (Å²) in [5.74, 6) is -5.93. The standard InChI is InChI=1S/C21H37N5O8/c1-10(2)9-12(22)18(30)26-17(11(3)4)20(32)24-13(6-8-16(28)29)19(31)25-14(21(33)34)5-7-15(23)27/h10-14,17H,5-9,22H2,1-4H3,(H2,23,27)(H,24,32)(H,25,31)(H,26,30)(H,28,29)(H,33,34). The number of nitrogens with one attached hydrogen (secondary N) is 3. The Morgan fingerprint density at radius 2 is 1.29 bits per heavy atom. The number of carboxylic acids is 2. The first-order chi connectivity index (χ1) is 15.6. The Hall–Kier alpha value is -3.22. The Kier molecular flexibility index (Phi) is 13.4. The van der Waals surface area contributed by atoms with E-state index in [0.717, 1.165) is 0 Å². The molecule has 0 fully saturated rings. The van der Waals surface area contributed by atoms with E-state index in [1.165, 1.54) is 0 Å². The number of rotatable bonds is 16. The van der Waals surface area contributed by atoms with Crippen LogP contribution in [0.2, 0.25) is 0 Å². The molecular weight excluding hydrogens is 450 g/mol. The van der Waals surface area contributed by atoms with Gasteiger partial charge in [-0.15, -0.1) is 0 Å². The van der Waals surface area contributed by atoms with Gasteiger partial charge in [0.1, 0.15) is 18.1 Å². The number of hydrogen-bond donors (Lipinski definition) is 7. The minimum atomic E-state index is -1.47. The fourth-order valence-corrected chi connectivity index (χ4v) is 3.02. The molecule has 9 N–H and O–H groups in total. The van der Waals surface area contributed by atoms with Crippen LogP contribution >= 0.6 is 0 Å². The van der Waals surface area contributed by atoms with Crippen LogP contribution in [0.25, 0.3) is 0 Å². The van der Waals surface area contributed by atoms with E-state index in [4.69, 9.17) is 16.6 Å². The number of hydrogen-bond acceptors (Lipinski definition) is 7. The predicted molar refractivity (Wildman–Crippen MR) is 121 cm³/mol. The van der Waals surface area contributed by atoms with Gasteiger partial charge in [0.2, 0.25) is 23.6 Å². The molecule has 4 atom stereocenters. The Morgan fingerprint density at radius 3 is 1.74 bits per heavy atom. The van der Waals surface area contributed by atoms with Crippen molar-refractivity contribution in [1.29, 1.82) is 0 Å². The van der Waals surface area contributed by atoms with E-state index in [1.54, 1.807) is 13.8 Å². The lowest BCUT2D eigenvalue weighted by atomic mass is 9.99. The Morgan fingerprint density at radius 1 is 0.765 bits per heavy atom. The topological polar surface area (TPSA) is 231 Å². The van der Waals surface area contributed by atoms with E-state index in [9.17, 15) is 33.9 Å². The number of aliphatic carboxylic acids is 2. The molecule has 0 heterocycles. The van der Waals surface area contributed by atoms with E-state index in [0.29, 0.717) is 6.42 Å². The minimum Gasteiger partial charge on any atom is -0.481 e. The van der Waals surface area contributed by atoms with Gasteiger partial charge in [-0.1, -0.05) is 27.7 Å². The third-order valence-corrected chi connectivity index (χ3v) is 4.88. The van der Waals surface area contributed by atoms with Crippen LogP contribution in [-0.4, -0.2) is 69.9 Å². The highest BCUT2D eigenvalue weighted by Gasteiger charge is 2.32. The van der Waals surface area contributed by atoms with E-state index in [2.05, 4.69) is 16.0 Å². The average Bonchev–Trinajstić information content (AvgIpc) is 2.70. The molecule has 0 radical (unpaired) electrons. The molecule has 34 heavy (non-hydrogen) atoms. The maximum absolute atomic E-state index is 12.9. The summed E-state index contributed by atoms with van der Waals surface area (Å²) in [6.45, 7) is 7.10. The number of primary amides is 1. The van der Waals surface area contributed by atoms with Gasteiger partial charge in [0, 0.05) is 12.8 Å². The van der Waals surface area contributed by atoms with Crippen LogP contribution < -0.4 is 27.4 Å². The first-order valence-corrected chi connectivity index (χ1v) is 11.0. The molecule has 0 aromatic heterocycles. The van der Waals surface area contributed by atoms with Crippen molar-refractivity contribution in [3.63, 3.8) is 0 Å². The molecule has 0 spiro atoms. The molecule has 0 aromatic rings. The number of carbonyl (C=O) groups excluding carboxylic acids is 4. The fourth-order valence-electron chi connectivity index (χ4n) is 3.02. The maximum atomic E-state index is 12.9. The highest BCUT2D eigenvalue weighted by Crippen LogP contribution is 2.08. The molecular formula is C21H37N5O8. The van der Waals surface area contributed by atoms with E-state index in [1.807, 2.05) is 13.8 Å². The first kappa shape index (κ1) is 30.8. The van der Waals surface area contributed by atoms with Crippen LogP contribution in [0.4, 0.5) is 0 Å². The minimum absolute atomic E-state index is 0.146. The highest BCUT2D eigenvalue weighted by atomic mass is 16.4. The van der Waals surface area contributed by atoms with Crippen LogP contribution in [0, 0.1) is 11.8 Å². The van der Waals surface area contributed by atoms with Crippen molar-refractivity contribution in [1.82, 2.24) is 16.0 Å². The van der Waals surface area contributed by atoms with Gasteiger partial charge in [0.15, 0.2) is 0 Å². The van der Waals surface area contributed by atoms with Crippen LogP contribution in [-0.2, 0) is 28.8 Å². The molecule has 0 aliphatic heterocycles. The van der Waals surface area contributed by atoms with Crippen LogP contribution in [0.1, 0.15) is 59.8 Å². The second kappa shape index (κ2) is 14.8. The lowest BCUT2D eigenvalue weighted by Gasteiger charge is -2.27. The summed E-state index contributed by atoms with van der Waals surface area (Å²) in [5.41, 5.74) is 10.9. The molecule has 194 valence electrons. The summed E-state index contributed by atoms with van der Waals surface area (Å²) >= 11 is 0. The Balaban J connectivity index is 5.51. The molecule has 0 aromatic carbocycles. The van der Waals surface area contributed by atoms with Crippen molar-refractivity contribution in [3.05, 3.63) is 0 Å². The summed E-state index contributed by atoms with van der Waals surface area (Å²) in [6.07, 6.45) is -1.02. The quantitative estimate of drug-likeness (QED) is 0.137. The summed E-state index contributed by atoms with van der Waals surface area (Å²) in [6, 6.07) is -4.79. The highest BCUT2D eigenvalue weighted by molar-refractivity contribution is 5.94. The first-order valence-electron chi connectivity index (χ1n) is 11.0. The van der Waals surface area contributed by atoms with Gasteiger partial charge in [0.05, 0.1) is 6.04 Å². The summed E-state index contributed by atoms with van der Waals surface area (Å²) in [7, 11) is 0. The van der Waals surface area contributed by atoms with Crippen molar-refractivity contribution < 1.29 is 39.0 Å². The van der Waals surface area contributed by atoms with E-state index < -0.39 is 72.1 Å². The average molecular weight is 488 g/mol. The number of amides is 4. The summed E-state index contributed by atoms with van der Waals surface area (Å²) < 4.78 is 0. The maximum Gasteiger partial charge on any atom is 0.326 e. The Labute approximate surface area is 198 Å². The third-order valence-electron chi connectivity index (χ3n) is 4.88. The van der Waals surface area contributed by atoms with Crippen LogP contribution in [0.3, 0.4) is 0 Å². The van der Waals surface area contributed by atoms with Crippen molar-refractivity contribution in [2.24, 2.45) is 23.3 Å². The second-order valence-corrected chi connectivity index (χ2v) is 8.86. The molecule has 0 saturated heterocycles. The van der Waals surface area contributed by atoms with Gasteiger partial charge in [-0.25, -0.2) is 4.79 Å². The van der Waals surface area contributed by atoms with Crippen molar-refractivity contribution >= 4 is 35.6 Å². The molecule has 0 bridgehead atoms. The number of carbonyl (C=O) groups is 6. The number of nitrogens with two attached hydrogens (primary N) is 2. The van der Waals surface area contributed by atoms with Crippen molar-refractivity contribution in [2.45, 2.75) is 84.0 Å². The van der Waals surface area contributed by atoms with Gasteiger partial charge in [-0.05, 0) is 31.1 Å². The van der Waals surface area contributed by atoms with Gasteiger partial charge >= 0.3 is 11.9 Å². The molecule has 13 heteroatoms. The van der Waals surface area contributed by atoms with E-state index in [-0.39, 0.29) is 25.2 Å². The zero-order chi connectivity index (χ0) is 26.6. The van der Waals surface area contributed by atoms with Crippen molar-refractivity contribution in [3.8, 4) is 0 Å². The van der Waals surface area contributed by atoms with Crippen LogP contribution in [0.5, 0.6) is 0 Å².